The van der Waals surface area contributed by atoms with Crippen molar-refractivity contribution >= 4 is 17.0 Å². The lowest BCUT2D eigenvalue weighted by Crippen LogP contribution is -2.27. The van der Waals surface area contributed by atoms with E-state index in [9.17, 15) is 9.90 Å². The van der Waals surface area contributed by atoms with E-state index in [0.29, 0.717) is 17.0 Å². The molecule has 1 heterocycles. The van der Waals surface area contributed by atoms with Crippen LogP contribution in [0.25, 0.3) is 10.9 Å². The summed E-state index contributed by atoms with van der Waals surface area (Å²) < 4.78 is 12.9. The van der Waals surface area contributed by atoms with E-state index in [1.54, 1.807) is 36.4 Å². The van der Waals surface area contributed by atoms with Gasteiger partial charge in [-0.15, -0.1) is 0 Å². The van der Waals surface area contributed by atoms with Gasteiger partial charge in [-0.3, -0.25) is 0 Å². The first-order chi connectivity index (χ1) is 11.8. The van der Waals surface area contributed by atoms with Crippen LogP contribution in [0.2, 0.25) is 0 Å². The third kappa shape index (κ3) is 3.45. The zero-order valence-electron chi connectivity index (χ0n) is 14.7. The van der Waals surface area contributed by atoms with Crippen molar-refractivity contribution in [3.63, 3.8) is 0 Å². The standard InChI is InChI=1S/C20H21NO4/c1-13-12-14-15(21(13)19(23)25-20(2,3)4)8-7-11-17(14)24-18-10-6-5-9-16(18)22/h5-12,22H,1-4H3. The summed E-state index contributed by atoms with van der Waals surface area (Å²) in [5.74, 6) is 0.977. The highest BCUT2D eigenvalue weighted by atomic mass is 16.6. The molecule has 0 aliphatic carbocycles. The first-order valence-corrected chi connectivity index (χ1v) is 8.06. The number of carbonyl (C=O) groups excluding carboxylic acids is 1. The molecule has 5 nitrogen and oxygen atoms in total. The third-order valence-corrected chi connectivity index (χ3v) is 3.65. The minimum absolute atomic E-state index is 0.0581. The highest BCUT2D eigenvalue weighted by molar-refractivity contribution is 5.94. The summed E-state index contributed by atoms with van der Waals surface area (Å²) in [5, 5.41) is 10.7. The lowest BCUT2D eigenvalue weighted by molar-refractivity contribution is 0.0541. The Balaban J connectivity index is 2.05. The molecule has 2 aromatic carbocycles. The molecule has 0 unspecified atom stereocenters. The van der Waals surface area contributed by atoms with Gasteiger partial charge in [0, 0.05) is 11.1 Å². The molecule has 0 amide bonds. The Kier molecular flexibility index (Phi) is 4.17. The number of hydrogen-bond acceptors (Lipinski definition) is 4. The van der Waals surface area contributed by atoms with Gasteiger partial charge in [-0.25, -0.2) is 9.36 Å². The fourth-order valence-electron chi connectivity index (χ4n) is 2.64. The number of aromatic hydroxyl groups is 1. The molecule has 0 saturated carbocycles. The number of rotatable bonds is 2. The number of phenolic OH excluding ortho intramolecular Hbond substituents is 1. The lowest BCUT2D eigenvalue weighted by atomic mass is 10.2. The predicted octanol–water partition coefficient (Wildman–Crippen LogP) is 5.23. The minimum atomic E-state index is -0.579. The van der Waals surface area contributed by atoms with Gasteiger partial charge in [0.1, 0.15) is 11.4 Å². The summed E-state index contributed by atoms with van der Waals surface area (Å²) in [6, 6.07) is 14.1. The van der Waals surface area contributed by atoms with Crippen molar-refractivity contribution in [3.8, 4) is 17.2 Å². The van der Waals surface area contributed by atoms with Gasteiger partial charge < -0.3 is 14.6 Å². The number of benzene rings is 2. The Bertz CT molecular complexity index is 935. The second-order valence-electron chi connectivity index (χ2n) is 6.86. The zero-order chi connectivity index (χ0) is 18.2. The number of nitrogens with zero attached hydrogens (tertiary/aromatic N) is 1. The Morgan fingerprint density at radius 1 is 1.04 bits per heavy atom. The van der Waals surface area contributed by atoms with Gasteiger partial charge in [0.15, 0.2) is 11.5 Å². The molecule has 0 spiro atoms. The average molecular weight is 339 g/mol. The number of ether oxygens (including phenoxy) is 2. The Hall–Kier alpha value is -2.95. The molecule has 0 atom stereocenters. The number of aromatic nitrogens is 1. The third-order valence-electron chi connectivity index (χ3n) is 3.65. The van der Waals surface area contributed by atoms with Crippen LogP contribution in [0, 0.1) is 6.92 Å². The largest absolute Gasteiger partial charge is 0.504 e. The van der Waals surface area contributed by atoms with E-state index in [2.05, 4.69) is 0 Å². The molecule has 5 heteroatoms. The number of phenols is 1. The van der Waals surface area contributed by atoms with Gasteiger partial charge in [-0.2, -0.15) is 0 Å². The molecule has 130 valence electrons. The van der Waals surface area contributed by atoms with E-state index in [1.165, 1.54) is 4.57 Å². The van der Waals surface area contributed by atoms with Crippen molar-refractivity contribution in [1.82, 2.24) is 4.57 Å². The van der Waals surface area contributed by atoms with Crippen molar-refractivity contribution in [3.05, 3.63) is 54.2 Å². The molecule has 0 aliphatic rings. The maximum Gasteiger partial charge on any atom is 0.419 e. The summed E-state index contributed by atoms with van der Waals surface area (Å²) in [6.45, 7) is 7.34. The van der Waals surface area contributed by atoms with E-state index in [1.807, 2.05) is 39.8 Å². The van der Waals surface area contributed by atoms with Crippen LogP contribution in [-0.4, -0.2) is 21.4 Å². The van der Waals surface area contributed by atoms with Crippen LogP contribution in [0.15, 0.2) is 48.5 Å². The molecule has 0 fully saturated rings. The fourth-order valence-corrected chi connectivity index (χ4v) is 2.64. The molecule has 25 heavy (non-hydrogen) atoms. The summed E-state index contributed by atoms with van der Waals surface area (Å²) in [6.07, 6.45) is -0.431. The van der Waals surface area contributed by atoms with Gasteiger partial charge >= 0.3 is 6.09 Å². The number of aryl methyl sites for hydroxylation is 1. The molecule has 0 bridgehead atoms. The van der Waals surface area contributed by atoms with Crippen molar-refractivity contribution < 1.29 is 19.4 Å². The van der Waals surface area contributed by atoms with Crippen molar-refractivity contribution in [1.29, 1.82) is 0 Å². The second kappa shape index (κ2) is 6.16. The zero-order valence-corrected chi connectivity index (χ0v) is 14.7. The topological polar surface area (TPSA) is 60.7 Å². The first-order valence-electron chi connectivity index (χ1n) is 8.06. The Morgan fingerprint density at radius 3 is 2.40 bits per heavy atom. The van der Waals surface area contributed by atoms with Crippen LogP contribution in [0.4, 0.5) is 4.79 Å². The number of hydrogen-bond donors (Lipinski definition) is 1. The van der Waals surface area contributed by atoms with Gasteiger partial charge in [0.05, 0.1) is 5.52 Å². The highest BCUT2D eigenvalue weighted by Gasteiger charge is 2.22. The second-order valence-corrected chi connectivity index (χ2v) is 6.86. The van der Waals surface area contributed by atoms with Gasteiger partial charge in [-0.1, -0.05) is 18.2 Å². The Morgan fingerprint density at radius 2 is 1.72 bits per heavy atom. The van der Waals surface area contributed by atoms with E-state index in [0.717, 1.165) is 11.1 Å². The highest BCUT2D eigenvalue weighted by Crippen LogP contribution is 2.35. The molecule has 3 aromatic rings. The molecule has 0 saturated heterocycles. The fraction of sp³-hybridized carbons (Fsp3) is 0.250. The normalized spacial score (nSPS) is 11.5. The molecular formula is C20H21NO4. The first kappa shape index (κ1) is 16.9. The molecular weight excluding hydrogens is 318 g/mol. The summed E-state index contributed by atoms with van der Waals surface area (Å²) in [4.78, 5) is 12.5. The van der Waals surface area contributed by atoms with Gasteiger partial charge in [-0.05, 0) is 58.0 Å². The Labute approximate surface area is 146 Å². The quantitative estimate of drug-likeness (QED) is 0.694. The van der Waals surface area contributed by atoms with Crippen molar-refractivity contribution in [2.24, 2.45) is 0 Å². The van der Waals surface area contributed by atoms with Crippen LogP contribution < -0.4 is 4.74 Å². The van der Waals surface area contributed by atoms with Crippen molar-refractivity contribution in [2.75, 3.05) is 0 Å². The van der Waals surface area contributed by atoms with Crippen LogP contribution in [0.3, 0.4) is 0 Å². The maximum absolute atomic E-state index is 12.5. The van der Waals surface area contributed by atoms with Crippen LogP contribution >= 0.6 is 0 Å². The number of para-hydroxylation sites is 2. The summed E-state index contributed by atoms with van der Waals surface area (Å²) in [5.41, 5.74) is 0.863. The maximum atomic E-state index is 12.5. The monoisotopic (exact) mass is 339 g/mol. The molecule has 0 aliphatic heterocycles. The number of fused-ring (bicyclic) bond motifs is 1. The lowest BCUT2D eigenvalue weighted by Gasteiger charge is -2.20. The van der Waals surface area contributed by atoms with Crippen LogP contribution in [-0.2, 0) is 4.74 Å². The van der Waals surface area contributed by atoms with E-state index < -0.39 is 11.7 Å². The molecule has 0 radical (unpaired) electrons. The molecule has 1 aromatic heterocycles. The number of carbonyl (C=O) groups is 1. The van der Waals surface area contributed by atoms with Gasteiger partial charge in [0.2, 0.25) is 0 Å². The predicted molar refractivity (Wildman–Crippen MR) is 96.5 cm³/mol. The van der Waals surface area contributed by atoms with Crippen LogP contribution in [0.1, 0.15) is 26.5 Å². The van der Waals surface area contributed by atoms with Crippen LogP contribution in [0.5, 0.6) is 17.2 Å². The van der Waals surface area contributed by atoms with E-state index in [4.69, 9.17) is 9.47 Å². The van der Waals surface area contributed by atoms with E-state index >= 15 is 0 Å². The SMILES string of the molecule is Cc1cc2c(Oc3ccccc3O)cccc2n1C(=O)OC(C)(C)C. The smallest absolute Gasteiger partial charge is 0.419 e. The van der Waals surface area contributed by atoms with E-state index in [-0.39, 0.29) is 5.75 Å². The van der Waals surface area contributed by atoms with Gasteiger partial charge in [0.25, 0.3) is 0 Å². The molecule has 3 rings (SSSR count). The van der Waals surface area contributed by atoms with Crippen molar-refractivity contribution in [2.45, 2.75) is 33.3 Å². The summed E-state index contributed by atoms with van der Waals surface area (Å²) in [7, 11) is 0. The summed E-state index contributed by atoms with van der Waals surface area (Å²) >= 11 is 0. The average Bonchev–Trinajstić information content (AvgIpc) is 2.85. The minimum Gasteiger partial charge on any atom is -0.504 e. The molecule has 1 N–H and O–H groups in total.